The minimum absolute atomic E-state index is 0.0875. The molecule has 0 aromatic heterocycles. The highest BCUT2D eigenvalue weighted by Gasteiger charge is 2.15. The lowest BCUT2D eigenvalue weighted by Crippen LogP contribution is -2.19. The van der Waals surface area contributed by atoms with E-state index in [1.54, 1.807) is 0 Å². The van der Waals surface area contributed by atoms with E-state index < -0.39 is 9.17 Å². The third-order valence-electron chi connectivity index (χ3n) is 2.27. The quantitative estimate of drug-likeness (QED) is 0.565. The van der Waals surface area contributed by atoms with Gasteiger partial charge in [-0.1, -0.05) is 19.3 Å². The van der Waals surface area contributed by atoms with Crippen LogP contribution in [-0.2, 0) is 13.3 Å². The van der Waals surface area contributed by atoms with Crippen LogP contribution in [0, 0.1) is 0 Å². The van der Waals surface area contributed by atoms with Gasteiger partial charge in [0.15, 0.2) is 0 Å². The topological polar surface area (TPSA) is 35.5 Å². The first kappa shape index (κ1) is 10.7. The Hall–Kier alpha value is -0.383. The molecule has 1 heterocycles. The van der Waals surface area contributed by atoms with Crippen LogP contribution >= 0.6 is 0 Å². The fourth-order valence-electron chi connectivity index (χ4n) is 1.48. The van der Waals surface area contributed by atoms with Crippen molar-refractivity contribution in [2.45, 2.75) is 51.6 Å². The molecule has 0 bridgehead atoms. The molecule has 0 aromatic rings. The second kappa shape index (κ2) is 6.13. The van der Waals surface area contributed by atoms with E-state index >= 15 is 0 Å². The Labute approximate surface area is 81.3 Å². The average molecular weight is 202 g/mol. The van der Waals surface area contributed by atoms with Gasteiger partial charge in [-0.25, -0.2) is 0 Å². The van der Waals surface area contributed by atoms with E-state index in [9.17, 15) is 4.46 Å². The molecule has 13 heavy (non-hydrogen) atoms. The Kier molecular flexibility index (Phi) is 5.04. The van der Waals surface area contributed by atoms with Crippen molar-refractivity contribution in [1.82, 2.24) is 0 Å². The van der Waals surface area contributed by atoms with Crippen LogP contribution in [0.2, 0.25) is 0 Å². The van der Waals surface area contributed by atoms with E-state index in [-0.39, 0.29) is 6.10 Å². The third kappa shape index (κ3) is 5.03. The van der Waals surface area contributed by atoms with Gasteiger partial charge in [0.05, 0.1) is 12.7 Å². The monoisotopic (exact) mass is 202 g/mol. The van der Waals surface area contributed by atoms with Gasteiger partial charge in [-0.15, -0.1) is 0 Å². The van der Waals surface area contributed by atoms with Gasteiger partial charge in [-0.05, 0) is 26.2 Å². The summed E-state index contributed by atoms with van der Waals surface area (Å²) in [5, 5.41) is 0. The molecule has 0 saturated carbocycles. The lowest BCUT2D eigenvalue weighted by atomic mass is 10.1. The van der Waals surface area contributed by atoms with Gasteiger partial charge in [-0.3, -0.25) is 4.46 Å². The molecule has 4 heteroatoms. The zero-order valence-electron chi connectivity index (χ0n) is 8.25. The van der Waals surface area contributed by atoms with E-state index in [0.29, 0.717) is 6.61 Å². The summed E-state index contributed by atoms with van der Waals surface area (Å²) in [5.41, 5.74) is 0. The first-order valence-electron chi connectivity index (χ1n) is 5.12. The fourth-order valence-corrected chi connectivity index (χ4v) is 2.30. The minimum atomic E-state index is -2.21. The zero-order chi connectivity index (χ0) is 9.52. The van der Waals surface area contributed by atoms with Crippen molar-refractivity contribution in [3.05, 3.63) is 0 Å². The van der Waals surface area contributed by atoms with Crippen molar-refractivity contribution in [3.8, 4) is 0 Å². The molecule has 0 N–H and O–H groups in total. The normalized spacial score (nSPS) is 26.8. The van der Waals surface area contributed by atoms with Gasteiger partial charge >= 0.3 is 9.17 Å². The lowest BCUT2D eigenvalue weighted by Gasteiger charge is -2.11. The minimum Gasteiger partial charge on any atom is -0.496 e. The second-order valence-electron chi connectivity index (χ2n) is 3.58. The second-order valence-corrected chi connectivity index (χ2v) is 4.61. The van der Waals surface area contributed by atoms with E-state index in [4.69, 9.17) is 8.85 Å². The van der Waals surface area contributed by atoms with Gasteiger partial charge in [0, 0.05) is 0 Å². The Morgan fingerprint density at radius 3 is 2.69 bits per heavy atom. The first-order chi connectivity index (χ1) is 6.29. The molecule has 0 radical (unpaired) electrons. The van der Waals surface area contributed by atoms with Crippen molar-refractivity contribution in [2.75, 3.05) is 6.61 Å². The zero-order valence-corrected chi connectivity index (χ0v) is 9.25. The number of hydrogen-bond acceptors (Lipinski definition) is 3. The summed E-state index contributed by atoms with van der Waals surface area (Å²) in [6.45, 7) is 2.55. The molecule has 1 saturated heterocycles. The Bertz CT molecular complexity index is 161. The maximum atomic E-state index is 11.2. The van der Waals surface area contributed by atoms with Crippen LogP contribution in [0.5, 0.6) is 0 Å². The summed E-state index contributed by atoms with van der Waals surface area (Å²) in [5.74, 6) is 0. The van der Waals surface area contributed by atoms with Gasteiger partial charge < -0.3 is 8.85 Å². The lowest BCUT2D eigenvalue weighted by molar-refractivity contribution is 0.120. The summed E-state index contributed by atoms with van der Waals surface area (Å²) in [7, 11) is -2.21. The van der Waals surface area contributed by atoms with Crippen molar-refractivity contribution >= 4 is 9.17 Å². The molecular weight excluding hydrogens is 184 g/mol. The summed E-state index contributed by atoms with van der Waals surface area (Å²) in [4.78, 5) is 0. The van der Waals surface area contributed by atoms with Crippen molar-refractivity contribution in [1.29, 1.82) is 0 Å². The molecule has 3 nitrogen and oxygen atoms in total. The molecule has 0 aromatic carbocycles. The summed E-state index contributed by atoms with van der Waals surface area (Å²) >= 11 is 0. The maximum absolute atomic E-state index is 11.2. The van der Waals surface area contributed by atoms with Crippen molar-refractivity contribution in [3.63, 3.8) is 0 Å². The Balaban J connectivity index is 2.29. The summed E-state index contributed by atoms with van der Waals surface area (Å²) in [6, 6.07) is 0. The highest BCUT2D eigenvalue weighted by Crippen LogP contribution is 2.11. The standard InChI is InChI=1S/C9H18O3Si/c1-9-7-5-3-2-4-6-8-11-13(10)12-9/h9H,2-8H2,1H3. The van der Waals surface area contributed by atoms with Gasteiger partial charge in [-0.2, -0.15) is 0 Å². The molecule has 1 aliphatic heterocycles. The van der Waals surface area contributed by atoms with Crippen molar-refractivity contribution < 1.29 is 13.3 Å². The number of hydrogen-bond donors (Lipinski definition) is 0. The molecule has 0 amide bonds. The van der Waals surface area contributed by atoms with E-state index in [0.717, 1.165) is 12.8 Å². The van der Waals surface area contributed by atoms with Crippen LogP contribution in [0.1, 0.15) is 45.4 Å². The van der Waals surface area contributed by atoms with Gasteiger partial charge in [0.1, 0.15) is 0 Å². The Morgan fingerprint density at radius 1 is 1.15 bits per heavy atom. The molecular formula is C9H18O3Si. The van der Waals surface area contributed by atoms with Crippen LogP contribution in [0.15, 0.2) is 0 Å². The fraction of sp³-hybridized carbons (Fsp3) is 1.00. The molecule has 76 valence electrons. The molecule has 1 aliphatic rings. The SMILES string of the molecule is CC1CCCCCCCO[Si](=O)O1. The van der Waals surface area contributed by atoms with E-state index in [1.807, 2.05) is 6.92 Å². The highest BCUT2D eigenvalue weighted by atomic mass is 28.3. The smallest absolute Gasteiger partial charge is 0.496 e. The first-order valence-corrected chi connectivity index (χ1v) is 6.35. The van der Waals surface area contributed by atoms with Crippen LogP contribution < -0.4 is 0 Å². The molecule has 1 rings (SSSR count). The predicted octanol–water partition coefficient (Wildman–Crippen LogP) is 2.18. The summed E-state index contributed by atoms with van der Waals surface area (Å²) < 4.78 is 21.4. The Morgan fingerprint density at radius 2 is 1.85 bits per heavy atom. The number of rotatable bonds is 0. The molecule has 1 unspecified atom stereocenters. The van der Waals surface area contributed by atoms with E-state index in [1.165, 1.54) is 25.7 Å². The molecule has 0 spiro atoms. The third-order valence-corrected chi connectivity index (χ3v) is 3.31. The van der Waals surface area contributed by atoms with Crippen molar-refractivity contribution in [2.24, 2.45) is 0 Å². The van der Waals surface area contributed by atoms with Crippen LogP contribution in [0.4, 0.5) is 0 Å². The summed E-state index contributed by atoms with van der Waals surface area (Å²) in [6.07, 6.45) is 6.98. The molecule has 1 atom stereocenters. The maximum Gasteiger partial charge on any atom is 0.767 e. The van der Waals surface area contributed by atoms with Gasteiger partial charge in [0.25, 0.3) is 0 Å². The van der Waals surface area contributed by atoms with Crippen LogP contribution in [0.25, 0.3) is 0 Å². The largest absolute Gasteiger partial charge is 0.767 e. The average Bonchev–Trinajstić information content (AvgIpc) is 2.11. The van der Waals surface area contributed by atoms with Gasteiger partial charge in [0.2, 0.25) is 0 Å². The highest BCUT2D eigenvalue weighted by molar-refractivity contribution is 6.26. The van der Waals surface area contributed by atoms with Crippen LogP contribution in [-0.4, -0.2) is 21.9 Å². The van der Waals surface area contributed by atoms with E-state index in [2.05, 4.69) is 0 Å². The predicted molar refractivity (Wildman–Crippen MR) is 50.6 cm³/mol. The van der Waals surface area contributed by atoms with Crippen LogP contribution in [0.3, 0.4) is 0 Å². The molecule has 0 aliphatic carbocycles. The molecule has 1 fully saturated rings.